The minimum Gasteiger partial charge on any atom is -0.133 e. The molecule has 0 aromatic carbocycles. The van der Waals surface area contributed by atoms with Crippen LogP contribution in [-0.4, -0.2) is 0 Å². The molecule has 0 spiro atoms. The van der Waals surface area contributed by atoms with Gasteiger partial charge in [0.2, 0.25) is 0 Å². The van der Waals surface area contributed by atoms with Gasteiger partial charge in [0.1, 0.15) is 0 Å². The van der Waals surface area contributed by atoms with Crippen LogP contribution in [0.15, 0.2) is 8.42 Å². The van der Waals surface area contributed by atoms with Crippen LogP contribution in [0.2, 0.25) is 0 Å². The van der Waals surface area contributed by atoms with Crippen molar-refractivity contribution in [3.8, 4) is 0 Å². The van der Waals surface area contributed by atoms with Gasteiger partial charge in [-0.3, -0.25) is 0 Å². The molecule has 0 radical (unpaired) electrons. The van der Waals surface area contributed by atoms with Gasteiger partial charge in [0.25, 0.3) is 0 Å². The Hall–Kier alpha value is -0.250. The highest BCUT2D eigenvalue weighted by atomic mass is 32.2. The van der Waals surface area contributed by atoms with E-state index >= 15 is 0 Å². The summed E-state index contributed by atoms with van der Waals surface area (Å²) in [5.41, 5.74) is 6.10. The van der Waals surface area contributed by atoms with Gasteiger partial charge in [-0.05, 0) is 62.8 Å². The number of rotatable bonds is 4. The summed E-state index contributed by atoms with van der Waals surface area (Å²) in [5, 5.41) is 0. The van der Waals surface area contributed by atoms with Crippen molar-refractivity contribution in [3.63, 3.8) is 0 Å². The molecule has 0 N–H and O–H groups in total. The van der Waals surface area contributed by atoms with E-state index in [1.165, 1.54) is 29.3 Å². The van der Waals surface area contributed by atoms with E-state index < -0.39 is 0 Å². The second-order valence-corrected chi connectivity index (χ2v) is 8.89. The largest absolute Gasteiger partial charge is 0.133 e. The first kappa shape index (κ1) is 15.1. The Balaban J connectivity index is 2.41. The lowest BCUT2D eigenvalue weighted by Crippen LogP contribution is -1.85. The van der Waals surface area contributed by atoms with Gasteiger partial charge in [0, 0.05) is 9.75 Å². The van der Waals surface area contributed by atoms with E-state index in [9.17, 15) is 0 Å². The summed E-state index contributed by atoms with van der Waals surface area (Å²) in [5.74, 6) is 0. The second-order valence-electron chi connectivity index (χ2n) is 4.91. The third kappa shape index (κ3) is 2.79. The van der Waals surface area contributed by atoms with Gasteiger partial charge in [0.15, 0.2) is 0 Å². The fourth-order valence-electron chi connectivity index (χ4n) is 2.35. The van der Waals surface area contributed by atoms with Crippen LogP contribution in [0.5, 0.6) is 0 Å². The summed E-state index contributed by atoms with van der Waals surface area (Å²) in [4.78, 5) is 2.95. The van der Waals surface area contributed by atoms with Gasteiger partial charge in [0.05, 0.1) is 8.42 Å². The average Bonchev–Trinajstić information content (AvgIpc) is 2.79. The van der Waals surface area contributed by atoms with Gasteiger partial charge < -0.3 is 0 Å². The lowest BCUT2D eigenvalue weighted by atomic mass is 10.1. The molecule has 3 heteroatoms. The van der Waals surface area contributed by atoms with Crippen LogP contribution in [0.3, 0.4) is 0 Å². The zero-order valence-corrected chi connectivity index (χ0v) is 15.1. The smallest absolute Gasteiger partial charge is 0.0691 e. The Labute approximate surface area is 129 Å². The first-order chi connectivity index (χ1) is 8.99. The highest BCUT2D eigenvalue weighted by Crippen LogP contribution is 2.45. The molecule has 0 aliphatic carbocycles. The number of thiophene rings is 2. The van der Waals surface area contributed by atoms with E-state index in [1.807, 2.05) is 34.4 Å². The SMILES string of the molecule is CCc1c(Sc2sc(C)c(C)c2CC)sc(C)c1C. The Bertz CT molecular complexity index is 535. The highest BCUT2D eigenvalue weighted by molar-refractivity contribution is 8.03. The van der Waals surface area contributed by atoms with E-state index in [0.717, 1.165) is 12.8 Å². The summed E-state index contributed by atoms with van der Waals surface area (Å²) in [6.45, 7) is 13.6. The molecule has 0 fully saturated rings. The van der Waals surface area contributed by atoms with Crippen molar-refractivity contribution < 1.29 is 0 Å². The van der Waals surface area contributed by atoms with Crippen LogP contribution in [0.1, 0.15) is 45.9 Å². The van der Waals surface area contributed by atoms with Crippen molar-refractivity contribution in [1.29, 1.82) is 0 Å². The fourth-order valence-corrected chi connectivity index (χ4v) is 7.05. The Morgan fingerprint density at radius 2 is 1.11 bits per heavy atom. The summed E-state index contributed by atoms with van der Waals surface area (Å²) in [6.07, 6.45) is 2.28. The van der Waals surface area contributed by atoms with E-state index in [2.05, 4.69) is 41.5 Å². The third-order valence-electron chi connectivity index (χ3n) is 3.84. The Morgan fingerprint density at radius 3 is 1.42 bits per heavy atom. The van der Waals surface area contributed by atoms with Crippen molar-refractivity contribution in [2.75, 3.05) is 0 Å². The number of hydrogen-bond acceptors (Lipinski definition) is 3. The summed E-state index contributed by atoms with van der Waals surface area (Å²) in [6, 6.07) is 0. The molecular formula is C16H22S3. The summed E-state index contributed by atoms with van der Waals surface area (Å²) in [7, 11) is 0. The minimum atomic E-state index is 1.14. The number of aryl methyl sites for hydroxylation is 2. The van der Waals surface area contributed by atoms with Crippen molar-refractivity contribution in [2.24, 2.45) is 0 Å². The van der Waals surface area contributed by atoms with Crippen LogP contribution in [0.4, 0.5) is 0 Å². The Morgan fingerprint density at radius 1 is 0.737 bits per heavy atom. The van der Waals surface area contributed by atoms with Crippen LogP contribution in [-0.2, 0) is 12.8 Å². The topological polar surface area (TPSA) is 0 Å². The van der Waals surface area contributed by atoms with E-state index in [1.54, 1.807) is 11.1 Å². The van der Waals surface area contributed by atoms with Gasteiger partial charge >= 0.3 is 0 Å². The molecule has 0 unspecified atom stereocenters. The summed E-state index contributed by atoms with van der Waals surface area (Å²) >= 11 is 5.93. The maximum absolute atomic E-state index is 2.27. The van der Waals surface area contributed by atoms with Gasteiger partial charge in [-0.25, -0.2) is 0 Å². The molecule has 0 bridgehead atoms. The van der Waals surface area contributed by atoms with Gasteiger partial charge in [-0.2, -0.15) is 0 Å². The molecule has 104 valence electrons. The maximum atomic E-state index is 2.27. The fraction of sp³-hybridized carbons (Fsp3) is 0.500. The van der Waals surface area contributed by atoms with Crippen LogP contribution in [0.25, 0.3) is 0 Å². The quantitative estimate of drug-likeness (QED) is 0.636. The molecule has 0 aliphatic heterocycles. The van der Waals surface area contributed by atoms with Crippen molar-refractivity contribution in [1.82, 2.24) is 0 Å². The van der Waals surface area contributed by atoms with Crippen LogP contribution >= 0.6 is 34.4 Å². The zero-order valence-electron chi connectivity index (χ0n) is 12.6. The van der Waals surface area contributed by atoms with Crippen molar-refractivity contribution >= 4 is 34.4 Å². The first-order valence-electron chi connectivity index (χ1n) is 6.85. The molecule has 0 atom stereocenters. The maximum Gasteiger partial charge on any atom is 0.0691 e. The monoisotopic (exact) mass is 310 g/mol. The van der Waals surface area contributed by atoms with Crippen molar-refractivity contribution in [3.05, 3.63) is 32.0 Å². The van der Waals surface area contributed by atoms with Gasteiger partial charge in [-0.15, -0.1) is 22.7 Å². The van der Waals surface area contributed by atoms with Crippen LogP contribution in [0, 0.1) is 27.7 Å². The van der Waals surface area contributed by atoms with E-state index in [4.69, 9.17) is 0 Å². The summed E-state index contributed by atoms with van der Waals surface area (Å²) < 4.78 is 3.02. The molecule has 2 heterocycles. The van der Waals surface area contributed by atoms with Gasteiger partial charge in [-0.1, -0.05) is 25.6 Å². The predicted octanol–water partition coefficient (Wildman–Crippen LogP) is 6.32. The molecule has 0 amide bonds. The molecule has 2 aromatic rings. The highest BCUT2D eigenvalue weighted by Gasteiger charge is 2.17. The van der Waals surface area contributed by atoms with E-state index in [-0.39, 0.29) is 0 Å². The normalized spacial score (nSPS) is 11.3. The lowest BCUT2D eigenvalue weighted by Gasteiger charge is -2.04. The van der Waals surface area contributed by atoms with Crippen molar-refractivity contribution in [2.45, 2.75) is 62.8 Å². The molecule has 19 heavy (non-hydrogen) atoms. The molecule has 0 saturated carbocycles. The lowest BCUT2D eigenvalue weighted by molar-refractivity contribution is 1.07. The second kappa shape index (κ2) is 6.02. The van der Waals surface area contributed by atoms with Crippen LogP contribution < -0.4 is 0 Å². The minimum absolute atomic E-state index is 1.14. The molecule has 0 aliphatic rings. The molecule has 0 saturated heterocycles. The first-order valence-corrected chi connectivity index (χ1v) is 9.30. The standard InChI is InChI=1S/C16H22S3/c1-7-13-9(3)11(5)17-15(13)19-16-14(8-2)10(4)12(6)18-16/h7-8H2,1-6H3. The third-order valence-corrected chi connectivity index (χ3v) is 7.79. The zero-order chi connectivity index (χ0) is 14.2. The molecule has 0 nitrogen and oxygen atoms in total. The Kier molecular flexibility index (Phi) is 4.80. The molecule has 2 aromatic heterocycles. The molecule has 2 rings (SSSR count). The molecular weight excluding hydrogens is 288 g/mol. The number of hydrogen-bond donors (Lipinski definition) is 0. The van der Waals surface area contributed by atoms with E-state index in [0.29, 0.717) is 0 Å². The predicted molar refractivity (Wildman–Crippen MR) is 90.5 cm³/mol. The average molecular weight is 311 g/mol.